The van der Waals surface area contributed by atoms with Crippen LogP contribution >= 0.6 is 38.9 Å². The van der Waals surface area contributed by atoms with Crippen molar-refractivity contribution in [2.24, 2.45) is 0 Å². The van der Waals surface area contributed by atoms with Gasteiger partial charge in [0.05, 0.1) is 4.34 Å². The summed E-state index contributed by atoms with van der Waals surface area (Å²) in [6.45, 7) is 1.81. The Kier molecular flexibility index (Phi) is 4.20. The Bertz CT molecular complexity index is 495. The van der Waals surface area contributed by atoms with Crippen LogP contribution in [0.2, 0.25) is 4.34 Å². The zero-order valence-corrected chi connectivity index (χ0v) is 13.2. The number of aryl methyl sites for hydroxylation is 1. The van der Waals surface area contributed by atoms with E-state index in [2.05, 4.69) is 20.7 Å². The van der Waals surface area contributed by atoms with Gasteiger partial charge in [0.2, 0.25) is 10.0 Å². The molecule has 17 heavy (non-hydrogen) atoms. The van der Waals surface area contributed by atoms with Gasteiger partial charge in [0.25, 0.3) is 0 Å². The van der Waals surface area contributed by atoms with Crippen molar-refractivity contribution >= 4 is 48.9 Å². The lowest BCUT2D eigenvalue weighted by atomic mass is 10.3. The molecule has 0 bridgehead atoms. The summed E-state index contributed by atoms with van der Waals surface area (Å²) in [4.78, 5) is 0.230. The zero-order chi connectivity index (χ0) is 12.6. The summed E-state index contributed by atoms with van der Waals surface area (Å²) in [5.41, 5.74) is 0.804. The van der Waals surface area contributed by atoms with Gasteiger partial charge in [-0.25, -0.2) is 13.1 Å². The summed E-state index contributed by atoms with van der Waals surface area (Å²) < 4.78 is 27.8. The monoisotopic (exact) mass is 357 g/mol. The highest BCUT2D eigenvalue weighted by molar-refractivity contribution is 9.09. The number of hydrogen-bond acceptors (Lipinski definition) is 3. The lowest BCUT2D eigenvalue weighted by molar-refractivity contribution is 0.558. The van der Waals surface area contributed by atoms with Crippen LogP contribution in [0.15, 0.2) is 10.3 Å². The molecule has 0 saturated heterocycles. The molecule has 0 amide bonds. The van der Waals surface area contributed by atoms with E-state index in [1.54, 1.807) is 13.0 Å². The first kappa shape index (κ1) is 13.8. The molecule has 96 valence electrons. The Hall–Kier alpha value is 0.380. The third-order valence-corrected chi connectivity index (χ3v) is 7.45. The van der Waals surface area contributed by atoms with Crippen LogP contribution in [0.1, 0.15) is 24.8 Å². The molecule has 0 radical (unpaired) electrons. The second kappa shape index (κ2) is 5.17. The Morgan fingerprint density at radius 2 is 2.24 bits per heavy atom. The first-order chi connectivity index (χ1) is 7.90. The van der Waals surface area contributed by atoms with Gasteiger partial charge < -0.3 is 0 Å². The molecule has 2 rings (SSSR count). The number of rotatable bonds is 3. The molecule has 1 heterocycles. The predicted molar refractivity (Wildman–Crippen MR) is 74.7 cm³/mol. The number of halogens is 2. The number of sulfonamides is 1. The molecule has 1 aromatic heterocycles. The van der Waals surface area contributed by atoms with Crippen molar-refractivity contribution < 1.29 is 8.42 Å². The summed E-state index contributed by atoms with van der Waals surface area (Å²) in [6.07, 6.45) is 2.94. The van der Waals surface area contributed by atoms with Crippen molar-refractivity contribution in [3.8, 4) is 0 Å². The Morgan fingerprint density at radius 1 is 1.53 bits per heavy atom. The average Bonchev–Trinajstić information content (AvgIpc) is 2.76. The van der Waals surface area contributed by atoms with Crippen LogP contribution in [-0.4, -0.2) is 19.3 Å². The minimum atomic E-state index is -3.42. The van der Waals surface area contributed by atoms with Crippen molar-refractivity contribution in [3.63, 3.8) is 0 Å². The van der Waals surface area contributed by atoms with Gasteiger partial charge in [-0.2, -0.15) is 0 Å². The lowest BCUT2D eigenvalue weighted by Crippen LogP contribution is -2.37. The number of thiophene rings is 1. The molecule has 3 nitrogen and oxygen atoms in total. The van der Waals surface area contributed by atoms with E-state index >= 15 is 0 Å². The molecule has 7 heteroatoms. The Labute approximate surface area is 119 Å². The first-order valence-corrected chi connectivity index (χ1v) is 8.92. The fraction of sp³-hybridized carbons (Fsp3) is 0.600. The van der Waals surface area contributed by atoms with E-state index in [-0.39, 0.29) is 10.9 Å². The molecule has 2 atom stereocenters. The first-order valence-electron chi connectivity index (χ1n) is 5.32. The predicted octanol–water partition coefficient (Wildman–Crippen LogP) is 3.30. The van der Waals surface area contributed by atoms with Crippen LogP contribution in [0.25, 0.3) is 0 Å². The molecule has 0 aliphatic heterocycles. The molecule has 2 unspecified atom stereocenters. The van der Waals surface area contributed by atoms with Gasteiger partial charge in [-0.3, -0.25) is 0 Å². The maximum atomic E-state index is 12.1. The van der Waals surface area contributed by atoms with Crippen molar-refractivity contribution in [2.75, 3.05) is 0 Å². The van der Waals surface area contributed by atoms with Crippen LogP contribution in [0.4, 0.5) is 0 Å². The minimum absolute atomic E-state index is 0.0128. The standard InChI is InChI=1S/C10H13BrClNO2S2/c1-6-5-9(16-10(6)12)17(14,15)13-8-4-2-3-7(8)11/h5,7-8,13H,2-4H2,1H3. The van der Waals surface area contributed by atoms with Crippen LogP contribution in [0.3, 0.4) is 0 Å². The smallest absolute Gasteiger partial charge is 0.206 e. The zero-order valence-electron chi connectivity index (χ0n) is 9.24. The molecule has 0 spiro atoms. The van der Waals surface area contributed by atoms with Crippen molar-refractivity contribution in [2.45, 2.75) is 41.3 Å². The highest BCUT2D eigenvalue weighted by Crippen LogP contribution is 2.32. The Morgan fingerprint density at radius 3 is 2.71 bits per heavy atom. The van der Waals surface area contributed by atoms with E-state index in [0.29, 0.717) is 8.55 Å². The van der Waals surface area contributed by atoms with Gasteiger partial charge in [-0.15, -0.1) is 11.3 Å². The van der Waals surface area contributed by atoms with Gasteiger partial charge in [0.15, 0.2) is 0 Å². The number of nitrogens with one attached hydrogen (secondary N) is 1. The van der Waals surface area contributed by atoms with Crippen LogP contribution in [0, 0.1) is 6.92 Å². The van der Waals surface area contributed by atoms with E-state index < -0.39 is 10.0 Å². The van der Waals surface area contributed by atoms with Gasteiger partial charge >= 0.3 is 0 Å². The van der Waals surface area contributed by atoms with Gasteiger partial charge in [0, 0.05) is 10.9 Å². The lowest BCUT2D eigenvalue weighted by Gasteiger charge is -2.15. The van der Waals surface area contributed by atoms with Crippen molar-refractivity contribution in [1.82, 2.24) is 4.72 Å². The third-order valence-electron chi connectivity index (χ3n) is 2.84. The minimum Gasteiger partial charge on any atom is -0.206 e. The molecule has 1 aliphatic rings. The number of alkyl halides is 1. The van der Waals surface area contributed by atoms with Crippen LogP contribution < -0.4 is 4.72 Å². The molecular formula is C10H13BrClNO2S2. The maximum Gasteiger partial charge on any atom is 0.250 e. The molecule has 1 N–H and O–H groups in total. The van der Waals surface area contributed by atoms with Gasteiger partial charge in [-0.1, -0.05) is 34.0 Å². The maximum absolute atomic E-state index is 12.1. The summed E-state index contributed by atoms with van der Waals surface area (Å²) in [5.74, 6) is 0. The summed E-state index contributed by atoms with van der Waals surface area (Å²) in [5, 5.41) is 0. The van der Waals surface area contributed by atoms with Crippen LogP contribution in [-0.2, 0) is 10.0 Å². The quantitative estimate of drug-likeness (QED) is 0.843. The summed E-state index contributed by atoms with van der Waals surface area (Å²) in [7, 11) is -3.42. The molecule has 1 saturated carbocycles. The second-order valence-electron chi connectivity index (χ2n) is 4.20. The SMILES string of the molecule is Cc1cc(S(=O)(=O)NC2CCCC2Br)sc1Cl. The summed E-state index contributed by atoms with van der Waals surface area (Å²) in [6, 6.07) is 1.61. The Balaban J connectivity index is 2.19. The second-order valence-corrected chi connectivity index (χ2v) is 8.97. The highest BCUT2D eigenvalue weighted by Gasteiger charge is 2.30. The van der Waals surface area contributed by atoms with E-state index in [9.17, 15) is 8.42 Å². The largest absolute Gasteiger partial charge is 0.250 e. The van der Waals surface area contributed by atoms with E-state index in [1.165, 1.54) is 0 Å². The molecule has 0 aromatic carbocycles. The van der Waals surface area contributed by atoms with E-state index in [0.717, 1.165) is 36.2 Å². The number of hydrogen-bond donors (Lipinski definition) is 1. The fourth-order valence-electron chi connectivity index (χ4n) is 1.87. The normalized spacial score (nSPS) is 25.4. The van der Waals surface area contributed by atoms with E-state index in [1.807, 2.05) is 0 Å². The van der Waals surface area contributed by atoms with Crippen molar-refractivity contribution in [1.29, 1.82) is 0 Å². The fourth-order valence-corrected chi connectivity index (χ4v) is 5.80. The average molecular weight is 359 g/mol. The molecule has 1 fully saturated rings. The molecule has 1 aliphatic carbocycles. The van der Waals surface area contributed by atoms with Crippen molar-refractivity contribution in [3.05, 3.63) is 16.0 Å². The summed E-state index contributed by atoms with van der Waals surface area (Å²) >= 11 is 10.5. The topological polar surface area (TPSA) is 46.2 Å². The van der Waals surface area contributed by atoms with E-state index in [4.69, 9.17) is 11.6 Å². The molecule has 1 aromatic rings. The van der Waals surface area contributed by atoms with Gasteiger partial charge in [-0.05, 0) is 31.4 Å². The highest BCUT2D eigenvalue weighted by atomic mass is 79.9. The third kappa shape index (κ3) is 3.04. The van der Waals surface area contributed by atoms with Crippen LogP contribution in [0.5, 0.6) is 0 Å². The molecular weight excluding hydrogens is 346 g/mol. The van der Waals surface area contributed by atoms with Gasteiger partial charge in [0.1, 0.15) is 4.21 Å².